The van der Waals surface area contributed by atoms with Crippen LogP contribution in [-0.4, -0.2) is 63.5 Å². The Morgan fingerprint density at radius 3 is 2.50 bits per heavy atom. The number of anilines is 2. The zero-order valence-corrected chi connectivity index (χ0v) is 19.6. The molecule has 2 saturated heterocycles. The van der Waals surface area contributed by atoms with E-state index in [0.29, 0.717) is 54.2 Å². The Hall–Kier alpha value is -3.43. The summed E-state index contributed by atoms with van der Waals surface area (Å²) in [5.41, 5.74) is 1.44. The topological polar surface area (TPSA) is 77.1 Å². The zero-order chi connectivity index (χ0) is 25.2. The predicted octanol–water partition coefficient (Wildman–Crippen LogP) is 3.53. The lowest BCUT2D eigenvalue weighted by molar-refractivity contribution is -0.148. The van der Waals surface area contributed by atoms with E-state index in [1.54, 1.807) is 18.2 Å². The van der Waals surface area contributed by atoms with E-state index in [1.807, 2.05) is 20.4 Å². The van der Waals surface area contributed by atoms with E-state index in [9.17, 15) is 17.6 Å². The highest BCUT2D eigenvalue weighted by molar-refractivity contribution is 6.30. The number of nitrogens with zero attached hydrogens (tertiary/aromatic N) is 8. The number of aromatic nitrogens is 4. The van der Waals surface area contributed by atoms with Crippen molar-refractivity contribution in [2.24, 2.45) is 5.41 Å². The number of fused-ring (bicyclic) bond motifs is 3. The van der Waals surface area contributed by atoms with Crippen LogP contribution in [-0.2, 0) is 13.1 Å². The first kappa shape index (κ1) is 23.0. The van der Waals surface area contributed by atoms with E-state index in [-0.39, 0.29) is 30.0 Å². The molecular weight excluding hydrogens is 500 g/mol. The lowest BCUT2D eigenvalue weighted by Gasteiger charge is -2.60. The summed E-state index contributed by atoms with van der Waals surface area (Å²) < 4.78 is 55.6. The van der Waals surface area contributed by atoms with E-state index < -0.39 is 18.5 Å². The maximum Gasteiger partial charge on any atom is 0.401 e. The summed E-state index contributed by atoms with van der Waals surface area (Å²) in [6, 6.07) is 9.68. The maximum absolute atomic E-state index is 14.3. The van der Waals surface area contributed by atoms with Crippen molar-refractivity contribution in [1.29, 1.82) is 5.26 Å². The summed E-state index contributed by atoms with van der Waals surface area (Å²) in [4.78, 5) is 9.21. The van der Waals surface area contributed by atoms with Gasteiger partial charge in [-0.05, 0) is 35.9 Å². The van der Waals surface area contributed by atoms with Gasteiger partial charge in [0.2, 0.25) is 5.95 Å². The molecule has 0 saturated carbocycles. The van der Waals surface area contributed by atoms with Gasteiger partial charge in [0.15, 0.2) is 17.5 Å². The second kappa shape index (κ2) is 8.04. The van der Waals surface area contributed by atoms with Gasteiger partial charge in [-0.1, -0.05) is 11.6 Å². The van der Waals surface area contributed by atoms with Crippen LogP contribution in [0.5, 0.6) is 0 Å². The van der Waals surface area contributed by atoms with Crippen LogP contribution in [0.25, 0.3) is 5.69 Å². The molecule has 0 amide bonds. The van der Waals surface area contributed by atoms with Crippen LogP contribution in [0.2, 0.25) is 5.02 Å². The number of hydrogen-bond donors (Lipinski definition) is 0. The van der Waals surface area contributed by atoms with E-state index in [2.05, 4.69) is 15.2 Å². The minimum atomic E-state index is -4.35. The molecule has 5 heterocycles. The molecule has 36 heavy (non-hydrogen) atoms. The van der Waals surface area contributed by atoms with Crippen LogP contribution >= 0.6 is 11.6 Å². The average molecular weight is 519 g/mol. The monoisotopic (exact) mass is 518 g/mol. The van der Waals surface area contributed by atoms with Gasteiger partial charge < -0.3 is 9.80 Å². The molecular formula is C23H19ClF4N8. The van der Waals surface area contributed by atoms with Crippen LogP contribution in [0.3, 0.4) is 0 Å². The molecule has 1 aromatic carbocycles. The van der Waals surface area contributed by atoms with E-state index >= 15 is 0 Å². The number of nitriles is 1. The molecule has 2 fully saturated rings. The van der Waals surface area contributed by atoms with Gasteiger partial charge in [0.1, 0.15) is 11.8 Å². The van der Waals surface area contributed by atoms with Crippen LogP contribution in [0.1, 0.15) is 17.1 Å². The van der Waals surface area contributed by atoms with Crippen molar-refractivity contribution in [3.8, 4) is 11.8 Å². The highest BCUT2D eigenvalue weighted by Crippen LogP contribution is 2.44. The molecule has 2 aromatic heterocycles. The summed E-state index contributed by atoms with van der Waals surface area (Å²) in [5, 5.41) is 18.1. The molecule has 0 atom stereocenters. The summed E-state index contributed by atoms with van der Waals surface area (Å²) >= 11 is 6.16. The van der Waals surface area contributed by atoms with Gasteiger partial charge in [0.25, 0.3) is 0 Å². The van der Waals surface area contributed by atoms with Gasteiger partial charge in [0.05, 0.1) is 18.8 Å². The summed E-state index contributed by atoms with van der Waals surface area (Å²) in [6.07, 6.45) is -4.35. The summed E-state index contributed by atoms with van der Waals surface area (Å²) in [5.74, 6) is 0.680. The fourth-order valence-electron chi connectivity index (χ4n) is 5.36. The Morgan fingerprint density at radius 1 is 1.03 bits per heavy atom. The smallest absolute Gasteiger partial charge is 0.353 e. The molecule has 3 aliphatic rings. The fourth-order valence-corrected chi connectivity index (χ4v) is 5.55. The minimum absolute atomic E-state index is 0.00819. The van der Waals surface area contributed by atoms with Crippen LogP contribution < -0.4 is 9.80 Å². The SMILES string of the molecule is N#Cc1ccc(F)c(N2CC3(C2)CN(c2nnc4n2-c2ccc(Cl)cc2CN(CC(F)(F)F)C4)C3)n1. The Kier molecular flexibility index (Phi) is 5.14. The van der Waals surface area contributed by atoms with Crippen molar-refractivity contribution < 1.29 is 17.6 Å². The lowest BCUT2D eigenvalue weighted by atomic mass is 9.73. The van der Waals surface area contributed by atoms with Crippen LogP contribution in [0.4, 0.5) is 29.3 Å². The number of halogens is 5. The van der Waals surface area contributed by atoms with Crippen molar-refractivity contribution in [2.45, 2.75) is 19.3 Å². The van der Waals surface area contributed by atoms with Gasteiger partial charge in [-0.2, -0.15) is 18.4 Å². The number of rotatable bonds is 3. The van der Waals surface area contributed by atoms with Gasteiger partial charge in [-0.15, -0.1) is 10.2 Å². The van der Waals surface area contributed by atoms with Gasteiger partial charge in [-0.3, -0.25) is 9.47 Å². The third-order valence-corrected chi connectivity index (χ3v) is 7.02. The molecule has 0 radical (unpaired) electrons. The average Bonchev–Trinajstić information content (AvgIpc) is 3.08. The Morgan fingerprint density at radius 2 is 1.78 bits per heavy atom. The second-order valence-corrected chi connectivity index (χ2v) is 10.0. The summed E-state index contributed by atoms with van der Waals surface area (Å²) in [6.45, 7) is 1.43. The first-order valence-electron chi connectivity index (χ1n) is 11.2. The van der Waals surface area contributed by atoms with Crippen molar-refractivity contribution in [1.82, 2.24) is 24.6 Å². The third kappa shape index (κ3) is 3.92. The van der Waals surface area contributed by atoms with Crippen molar-refractivity contribution in [3.05, 3.63) is 58.3 Å². The van der Waals surface area contributed by atoms with Crippen LogP contribution in [0.15, 0.2) is 30.3 Å². The highest BCUT2D eigenvalue weighted by atomic mass is 35.5. The quantitative estimate of drug-likeness (QED) is 0.491. The van der Waals surface area contributed by atoms with Crippen molar-refractivity contribution in [2.75, 3.05) is 42.5 Å². The minimum Gasteiger partial charge on any atom is -0.353 e. The number of alkyl halides is 3. The first-order valence-corrected chi connectivity index (χ1v) is 11.6. The number of pyridine rings is 1. The molecule has 6 rings (SSSR count). The fraction of sp³-hybridized carbons (Fsp3) is 0.391. The highest BCUT2D eigenvalue weighted by Gasteiger charge is 2.54. The molecule has 0 N–H and O–H groups in total. The Labute approximate surface area is 208 Å². The predicted molar refractivity (Wildman–Crippen MR) is 122 cm³/mol. The van der Waals surface area contributed by atoms with Gasteiger partial charge >= 0.3 is 6.18 Å². The molecule has 1 spiro atoms. The Bertz CT molecular complexity index is 1380. The zero-order valence-electron chi connectivity index (χ0n) is 18.8. The molecule has 3 aromatic rings. The third-order valence-electron chi connectivity index (χ3n) is 6.79. The second-order valence-electron chi connectivity index (χ2n) is 9.61. The molecule has 0 aliphatic carbocycles. The summed E-state index contributed by atoms with van der Waals surface area (Å²) in [7, 11) is 0. The van der Waals surface area contributed by atoms with Crippen molar-refractivity contribution in [3.63, 3.8) is 0 Å². The first-order chi connectivity index (χ1) is 17.1. The lowest BCUT2D eigenvalue weighted by Crippen LogP contribution is -2.73. The van der Waals surface area contributed by atoms with Gasteiger partial charge in [-0.25, -0.2) is 9.37 Å². The van der Waals surface area contributed by atoms with Gasteiger partial charge in [0, 0.05) is 43.2 Å². The van der Waals surface area contributed by atoms with E-state index in [0.717, 1.165) is 0 Å². The normalized spacial score (nSPS) is 18.7. The van der Waals surface area contributed by atoms with E-state index in [1.165, 1.54) is 17.0 Å². The van der Waals surface area contributed by atoms with E-state index in [4.69, 9.17) is 16.9 Å². The maximum atomic E-state index is 14.3. The molecule has 3 aliphatic heterocycles. The van der Waals surface area contributed by atoms with Crippen LogP contribution in [0, 0.1) is 22.6 Å². The molecule has 13 heteroatoms. The van der Waals surface area contributed by atoms with Crippen molar-refractivity contribution >= 4 is 23.4 Å². The molecule has 0 unspecified atom stereocenters. The molecule has 8 nitrogen and oxygen atoms in total. The number of benzene rings is 1. The largest absolute Gasteiger partial charge is 0.401 e. The molecule has 0 bridgehead atoms. The Balaban J connectivity index is 1.23. The molecule has 186 valence electrons. The number of hydrogen-bond acceptors (Lipinski definition) is 7. The standard InChI is InChI=1S/C23H19ClF4N8/c24-15-1-4-18-14(5-15)7-33(13-23(26,27)28)8-19-31-32-21(36(18)19)35-11-22(12-35)9-34(10-22)20-17(25)3-2-16(6-29)30-20/h1-5H,7-13H2.